The van der Waals surface area contributed by atoms with Crippen LogP contribution < -0.4 is 5.32 Å². The minimum Gasteiger partial charge on any atom is -0.352 e. The Labute approximate surface area is 134 Å². The molecule has 1 heterocycles. The Morgan fingerprint density at radius 2 is 2.30 bits per heavy atom. The van der Waals surface area contributed by atoms with Crippen molar-refractivity contribution < 1.29 is 4.79 Å². The summed E-state index contributed by atoms with van der Waals surface area (Å²) < 4.78 is 0.933. The predicted octanol–water partition coefficient (Wildman–Crippen LogP) is 3.20. The minimum atomic E-state index is -0.0366. The Morgan fingerprint density at radius 3 is 2.90 bits per heavy atom. The Balaban J connectivity index is 1.87. The first-order valence-corrected chi connectivity index (χ1v) is 8.22. The van der Waals surface area contributed by atoms with Crippen LogP contribution >= 0.6 is 28.6 Å². The lowest BCUT2D eigenvalue weighted by Gasteiger charge is -2.20. The second-order valence-corrected chi connectivity index (χ2v) is 7.01. The molecule has 1 saturated heterocycles. The summed E-state index contributed by atoms with van der Waals surface area (Å²) in [5, 5.41) is 3.03. The highest BCUT2D eigenvalue weighted by Crippen LogP contribution is 2.21. The van der Waals surface area contributed by atoms with Crippen molar-refractivity contribution >= 4 is 34.5 Å². The molecule has 20 heavy (non-hydrogen) atoms. The molecule has 1 N–H and O–H groups in total. The quantitative estimate of drug-likeness (QED) is 0.812. The third-order valence-corrected chi connectivity index (χ3v) is 4.67. The zero-order chi connectivity index (χ0) is 14.7. The van der Waals surface area contributed by atoms with Crippen molar-refractivity contribution in [1.29, 1.82) is 0 Å². The molecule has 1 aliphatic heterocycles. The van der Waals surface area contributed by atoms with E-state index in [0.29, 0.717) is 22.4 Å². The maximum atomic E-state index is 12.2. The maximum Gasteiger partial charge on any atom is 0.252 e. The molecule has 1 atom stereocenters. The van der Waals surface area contributed by atoms with Gasteiger partial charge in [-0.15, -0.1) is 12.6 Å². The number of rotatable bonds is 4. The zero-order valence-corrected chi connectivity index (χ0v) is 14.4. The molecule has 5 heteroatoms. The lowest BCUT2D eigenvalue weighted by molar-refractivity contribution is 0.0944. The summed E-state index contributed by atoms with van der Waals surface area (Å²) >= 11 is 7.72. The van der Waals surface area contributed by atoms with Gasteiger partial charge in [0, 0.05) is 28.5 Å². The third kappa shape index (κ3) is 3.99. The van der Waals surface area contributed by atoms with Crippen molar-refractivity contribution in [1.82, 2.24) is 10.2 Å². The molecule has 1 aromatic rings. The van der Waals surface area contributed by atoms with Gasteiger partial charge >= 0.3 is 0 Å². The number of thiol groups is 1. The number of hydrogen-bond donors (Lipinski definition) is 2. The highest BCUT2D eigenvalue weighted by atomic mass is 79.9. The van der Waals surface area contributed by atoms with E-state index in [1.165, 1.54) is 0 Å². The van der Waals surface area contributed by atoms with E-state index < -0.39 is 0 Å². The second kappa shape index (κ2) is 6.96. The van der Waals surface area contributed by atoms with Gasteiger partial charge in [0.1, 0.15) is 0 Å². The monoisotopic (exact) mass is 356 g/mol. The van der Waals surface area contributed by atoms with E-state index in [0.717, 1.165) is 30.5 Å². The normalized spacial score (nSPS) is 19.6. The SMILES string of the molecule is CC(C)N1CCC(CNC(=O)c2ccc(Br)cc2S)C1. The number of nitrogens with zero attached hydrogens (tertiary/aromatic N) is 1. The van der Waals surface area contributed by atoms with Crippen LogP contribution in [0.4, 0.5) is 0 Å². The molecular weight excluding hydrogens is 336 g/mol. The van der Waals surface area contributed by atoms with Crippen LogP contribution in [0.1, 0.15) is 30.6 Å². The number of hydrogen-bond acceptors (Lipinski definition) is 3. The number of halogens is 1. The van der Waals surface area contributed by atoms with Crippen molar-refractivity contribution in [3.8, 4) is 0 Å². The van der Waals surface area contributed by atoms with Crippen LogP contribution in [0.2, 0.25) is 0 Å². The van der Waals surface area contributed by atoms with Crippen molar-refractivity contribution in [2.45, 2.75) is 31.2 Å². The van der Waals surface area contributed by atoms with Gasteiger partial charge in [0.05, 0.1) is 5.56 Å². The lowest BCUT2D eigenvalue weighted by atomic mass is 10.1. The van der Waals surface area contributed by atoms with Gasteiger partial charge in [-0.2, -0.15) is 0 Å². The van der Waals surface area contributed by atoms with Crippen LogP contribution in [-0.4, -0.2) is 36.5 Å². The number of carbonyl (C=O) groups excluding carboxylic acids is 1. The van der Waals surface area contributed by atoms with Gasteiger partial charge in [0.25, 0.3) is 5.91 Å². The average Bonchev–Trinajstić information content (AvgIpc) is 2.85. The molecule has 1 unspecified atom stereocenters. The predicted molar refractivity (Wildman–Crippen MR) is 88.5 cm³/mol. The molecule has 0 saturated carbocycles. The van der Waals surface area contributed by atoms with E-state index in [1.54, 1.807) is 6.07 Å². The fourth-order valence-corrected chi connectivity index (χ4v) is 3.38. The van der Waals surface area contributed by atoms with Crippen LogP contribution in [0.25, 0.3) is 0 Å². The van der Waals surface area contributed by atoms with Gasteiger partial charge in [-0.1, -0.05) is 15.9 Å². The molecule has 0 spiro atoms. The molecule has 0 aliphatic carbocycles. The Hall–Kier alpha value is -0.520. The van der Waals surface area contributed by atoms with Crippen LogP contribution in [0.5, 0.6) is 0 Å². The van der Waals surface area contributed by atoms with E-state index >= 15 is 0 Å². The average molecular weight is 357 g/mol. The lowest BCUT2D eigenvalue weighted by Crippen LogP contribution is -2.33. The summed E-state index contributed by atoms with van der Waals surface area (Å²) in [6.45, 7) is 7.39. The molecular formula is C15H21BrN2OS. The van der Waals surface area contributed by atoms with Gasteiger partial charge < -0.3 is 10.2 Å². The van der Waals surface area contributed by atoms with E-state index in [4.69, 9.17) is 0 Å². The largest absolute Gasteiger partial charge is 0.352 e. The summed E-state index contributed by atoms with van der Waals surface area (Å²) in [7, 11) is 0. The summed E-state index contributed by atoms with van der Waals surface area (Å²) in [6.07, 6.45) is 1.16. The third-order valence-electron chi connectivity index (χ3n) is 3.80. The summed E-state index contributed by atoms with van der Waals surface area (Å²) in [5.41, 5.74) is 0.634. The van der Waals surface area contributed by atoms with Gasteiger partial charge in [-0.05, 0) is 50.9 Å². The standard InChI is InChI=1S/C15H21BrN2OS/c1-10(2)18-6-5-11(9-18)8-17-15(19)13-4-3-12(16)7-14(13)20/h3-4,7,10-11,20H,5-6,8-9H2,1-2H3,(H,17,19). The Kier molecular flexibility index (Phi) is 5.52. The minimum absolute atomic E-state index is 0.0366. The highest BCUT2D eigenvalue weighted by Gasteiger charge is 2.24. The van der Waals surface area contributed by atoms with Gasteiger partial charge in [-0.25, -0.2) is 0 Å². The van der Waals surface area contributed by atoms with Crippen LogP contribution in [0.15, 0.2) is 27.6 Å². The molecule has 3 nitrogen and oxygen atoms in total. The van der Waals surface area contributed by atoms with Gasteiger partial charge in [0.15, 0.2) is 0 Å². The van der Waals surface area contributed by atoms with Crippen LogP contribution in [0.3, 0.4) is 0 Å². The van der Waals surface area contributed by atoms with E-state index in [1.807, 2.05) is 12.1 Å². The van der Waals surface area contributed by atoms with Gasteiger partial charge in [-0.3, -0.25) is 4.79 Å². The van der Waals surface area contributed by atoms with Crippen LogP contribution in [0, 0.1) is 5.92 Å². The number of amides is 1. The van der Waals surface area contributed by atoms with E-state index in [2.05, 4.69) is 52.6 Å². The maximum absolute atomic E-state index is 12.2. The second-order valence-electron chi connectivity index (χ2n) is 5.61. The summed E-state index contributed by atoms with van der Waals surface area (Å²) in [6, 6.07) is 6.10. The van der Waals surface area contributed by atoms with Crippen LogP contribution in [-0.2, 0) is 0 Å². The Bertz CT molecular complexity index is 493. The van der Waals surface area contributed by atoms with Gasteiger partial charge in [0.2, 0.25) is 0 Å². The summed E-state index contributed by atoms with van der Waals surface area (Å²) in [5.74, 6) is 0.519. The molecule has 110 valence electrons. The molecule has 1 amide bonds. The fraction of sp³-hybridized carbons (Fsp3) is 0.533. The summed E-state index contributed by atoms with van der Waals surface area (Å²) in [4.78, 5) is 15.3. The highest BCUT2D eigenvalue weighted by molar-refractivity contribution is 9.10. The molecule has 2 rings (SSSR count). The zero-order valence-electron chi connectivity index (χ0n) is 11.9. The first kappa shape index (κ1) is 15.9. The Morgan fingerprint density at radius 1 is 1.55 bits per heavy atom. The smallest absolute Gasteiger partial charge is 0.252 e. The van der Waals surface area contributed by atoms with E-state index in [9.17, 15) is 4.79 Å². The number of benzene rings is 1. The molecule has 1 fully saturated rings. The number of nitrogens with one attached hydrogen (secondary N) is 1. The molecule has 0 bridgehead atoms. The van der Waals surface area contributed by atoms with Crippen molar-refractivity contribution in [2.75, 3.05) is 19.6 Å². The number of likely N-dealkylation sites (tertiary alicyclic amines) is 1. The molecule has 0 aromatic heterocycles. The van der Waals surface area contributed by atoms with Crippen molar-refractivity contribution in [3.63, 3.8) is 0 Å². The van der Waals surface area contributed by atoms with Crippen molar-refractivity contribution in [2.24, 2.45) is 5.92 Å². The van der Waals surface area contributed by atoms with Crippen molar-refractivity contribution in [3.05, 3.63) is 28.2 Å². The number of carbonyl (C=O) groups is 1. The molecule has 0 radical (unpaired) electrons. The van der Waals surface area contributed by atoms with E-state index in [-0.39, 0.29) is 5.91 Å². The molecule has 1 aliphatic rings. The first-order valence-electron chi connectivity index (χ1n) is 6.98. The molecule has 1 aromatic carbocycles. The fourth-order valence-electron chi connectivity index (χ4n) is 2.53. The topological polar surface area (TPSA) is 32.3 Å². The first-order chi connectivity index (χ1) is 9.47.